The minimum absolute atomic E-state index is 0. The molecule has 0 unspecified atom stereocenters. The van der Waals surface area contributed by atoms with Crippen molar-refractivity contribution in [1.29, 1.82) is 0 Å². The average molecular weight is 618 g/mol. The van der Waals surface area contributed by atoms with Crippen LogP contribution in [0.1, 0.15) is 10.4 Å². The normalized spacial score (nSPS) is 13.9. The van der Waals surface area contributed by atoms with Gasteiger partial charge in [-0.25, -0.2) is 13.4 Å². The number of nitrogens with one attached hydrogen (secondary N) is 2. The van der Waals surface area contributed by atoms with Gasteiger partial charge in [0.25, 0.3) is 15.9 Å². The smallest absolute Gasteiger partial charge is 0.261 e. The van der Waals surface area contributed by atoms with E-state index in [2.05, 4.69) is 25.9 Å². The van der Waals surface area contributed by atoms with Gasteiger partial charge in [-0.3, -0.25) is 14.4 Å². The SMILES string of the molecule is COc1ccc(S(=O)(=O)Nc2cccc(C(=O)NCCN3CCN(c4nc5c(OC)cccc5s4)CC3)c2)cc1.Cl. The van der Waals surface area contributed by atoms with Crippen LogP contribution in [0.25, 0.3) is 10.2 Å². The van der Waals surface area contributed by atoms with E-state index in [1.807, 2.05) is 12.1 Å². The Morgan fingerprint density at radius 1 is 0.976 bits per heavy atom. The van der Waals surface area contributed by atoms with Crippen molar-refractivity contribution in [3.8, 4) is 11.5 Å². The molecule has 0 saturated carbocycles. The number of thiazole rings is 1. The van der Waals surface area contributed by atoms with Gasteiger partial charge in [-0.05, 0) is 54.6 Å². The molecule has 0 atom stereocenters. The first-order valence-electron chi connectivity index (χ1n) is 12.8. The number of rotatable bonds is 10. The highest BCUT2D eigenvalue weighted by Crippen LogP contribution is 2.34. The van der Waals surface area contributed by atoms with Crippen molar-refractivity contribution < 1.29 is 22.7 Å². The molecule has 218 valence electrons. The molecule has 1 aromatic heterocycles. The number of amides is 1. The summed E-state index contributed by atoms with van der Waals surface area (Å²) in [4.78, 5) is 22.3. The number of methoxy groups -OCH3 is 2. The molecule has 1 aliphatic rings. The van der Waals surface area contributed by atoms with Crippen molar-refractivity contribution >= 4 is 60.7 Å². The highest BCUT2D eigenvalue weighted by atomic mass is 35.5. The molecule has 1 amide bonds. The summed E-state index contributed by atoms with van der Waals surface area (Å²) in [5.74, 6) is 1.09. The molecule has 0 bridgehead atoms. The number of para-hydroxylation sites is 1. The first-order chi connectivity index (χ1) is 19.4. The van der Waals surface area contributed by atoms with Gasteiger partial charge in [-0.1, -0.05) is 23.5 Å². The second-order valence-electron chi connectivity index (χ2n) is 9.25. The first-order valence-corrected chi connectivity index (χ1v) is 15.1. The van der Waals surface area contributed by atoms with Crippen LogP contribution in [0.3, 0.4) is 0 Å². The number of hydrogen-bond donors (Lipinski definition) is 2. The van der Waals surface area contributed by atoms with Crippen LogP contribution in [0.15, 0.2) is 71.6 Å². The summed E-state index contributed by atoms with van der Waals surface area (Å²) in [6.45, 7) is 4.64. The quantitative estimate of drug-likeness (QED) is 0.274. The minimum atomic E-state index is -3.81. The van der Waals surface area contributed by atoms with E-state index >= 15 is 0 Å². The molecule has 13 heteroatoms. The number of anilines is 2. The Morgan fingerprint density at radius 3 is 2.41 bits per heavy atom. The number of carbonyl (C=O) groups excluding carboxylic acids is 1. The Labute approximate surface area is 249 Å². The van der Waals surface area contributed by atoms with Crippen molar-refractivity contribution in [2.75, 3.05) is 63.1 Å². The zero-order valence-electron chi connectivity index (χ0n) is 22.7. The van der Waals surface area contributed by atoms with Crippen LogP contribution in [0.2, 0.25) is 0 Å². The molecule has 2 N–H and O–H groups in total. The molecule has 1 fully saturated rings. The molecule has 41 heavy (non-hydrogen) atoms. The summed E-state index contributed by atoms with van der Waals surface area (Å²) in [6, 6.07) is 18.5. The van der Waals surface area contributed by atoms with Crippen LogP contribution in [0.5, 0.6) is 11.5 Å². The largest absolute Gasteiger partial charge is 0.497 e. The number of halogens is 1. The number of fused-ring (bicyclic) bond motifs is 1. The number of benzene rings is 3. The predicted molar refractivity (Wildman–Crippen MR) is 165 cm³/mol. The first kappa shape index (κ1) is 30.4. The third kappa shape index (κ3) is 7.20. The molecule has 10 nitrogen and oxygen atoms in total. The maximum Gasteiger partial charge on any atom is 0.261 e. The molecule has 3 aromatic carbocycles. The summed E-state index contributed by atoms with van der Waals surface area (Å²) < 4.78 is 39.7. The van der Waals surface area contributed by atoms with Crippen molar-refractivity contribution in [2.45, 2.75) is 4.90 Å². The summed E-state index contributed by atoms with van der Waals surface area (Å²) in [7, 11) is -0.630. The Bertz CT molecular complexity index is 1590. The van der Waals surface area contributed by atoms with Crippen LogP contribution >= 0.6 is 23.7 Å². The molecule has 1 aliphatic heterocycles. The number of carbonyl (C=O) groups is 1. The topological polar surface area (TPSA) is 113 Å². The van der Waals surface area contributed by atoms with E-state index in [9.17, 15) is 13.2 Å². The van der Waals surface area contributed by atoms with E-state index in [0.717, 1.165) is 53.8 Å². The van der Waals surface area contributed by atoms with Gasteiger partial charge in [-0.15, -0.1) is 12.4 Å². The predicted octanol–water partition coefficient (Wildman–Crippen LogP) is 4.09. The lowest BCUT2D eigenvalue weighted by Crippen LogP contribution is -2.48. The number of piperazine rings is 1. The zero-order valence-corrected chi connectivity index (χ0v) is 25.2. The monoisotopic (exact) mass is 617 g/mol. The summed E-state index contributed by atoms with van der Waals surface area (Å²) >= 11 is 1.67. The number of hydrogen-bond acceptors (Lipinski definition) is 9. The third-order valence-corrected chi connectivity index (χ3v) is 9.17. The Kier molecular flexibility index (Phi) is 9.92. The molecule has 5 rings (SSSR count). The van der Waals surface area contributed by atoms with Gasteiger partial charge < -0.3 is 19.7 Å². The minimum Gasteiger partial charge on any atom is -0.497 e. The Balaban J connectivity index is 0.00000387. The maximum absolute atomic E-state index is 12.8. The maximum atomic E-state index is 12.8. The fourth-order valence-corrected chi connectivity index (χ4v) is 6.58. The Hall–Kier alpha value is -3.58. The van der Waals surface area contributed by atoms with Gasteiger partial charge in [0.15, 0.2) is 5.13 Å². The number of ether oxygens (including phenoxy) is 2. The van der Waals surface area contributed by atoms with E-state index in [1.165, 1.54) is 25.3 Å². The fraction of sp³-hybridized carbons (Fsp3) is 0.286. The zero-order chi connectivity index (χ0) is 28.1. The molecular weight excluding hydrogens is 586 g/mol. The molecule has 0 radical (unpaired) electrons. The van der Waals surface area contributed by atoms with Gasteiger partial charge in [-0.2, -0.15) is 0 Å². The summed E-state index contributed by atoms with van der Waals surface area (Å²) in [5, 5.41) is 3.94. The van der Waals surface area contributed by atoms with Crippen molar-refractivity contribution in [3.05, 3.63) is 72.3 Å². The Morgan fingerprint density at radius 2 is 1.71 bits per heavy atom. The molecule has 0 spiro atoms. The summed E-state index contributed by atoms with van der Waals surface area (Å²) in [5.41, 5.74) is 1.59. The van der Waals surface area contributed by atoms with Gasteiger partial charge >= 0.3 is 0 Å². The van der Waals surface area contributed by atoms with Crippen molar-refractivity contribution in [1.82, 2.24) is 15.2 Å². The van der Waals surface area contributed by atoms with Crippen LogP contribution in [0.4, 0.5) is 10.8 Å². The van der Waals surface area contributed by atoms with E-state index in [0.29, 0.717) is 23.5 Å². The second kappa shape index (κ2) is 13.4. The van der Waals surface area contributed by atoms with Crippen molar-refractivity contribution in [2.24, 2.45) is 0 Å². The summed E-state index contributed by atoms with van der Waals surface area (Å²) in [6.07, 6.45) is 0. The highest BCUT2D eigenvalue weighted by Gasteiger charge is 2.21. The van der Waals surface area contributed by atoms with Crippen LogP contribution in [-0.4, -0.2) is 77.7 Å². The van der Waals surface area contributed by atoms with Crippen LogP contribution in [-0.2, 0) is 10.0 Å². The van der Waals surface area contributed by atoms with E-state index in [1.54, 1.807) is 48.8 Å². The van der Waals surface area contributed by atoms with Gasteiger partial charge in [0.05, 0.1) is 23.8 Å². The van der Waals surface area contributed by atoms with E-state index in [4.69, 9.17) is 14.5 Å². The number of sulfonamides is 1. The van der Waals surface area contributed by atoms with Gasteiger partial charge in [0.2, 0.25) is 0 Å². The van der Waals surface area contributed by atoms with Gasteiger partial charge in [0.1, 0.15) is 17.0 Å². The number of nitrogens with zero attached hydrogens (tertiary/aromatic N) is 3. The lowest BCUT2D eigenvalue weighted by Gasteiger charge is -2.34. The van der Waals surface area contributed by atoms with Crippen molar-refractivity contribution in [3.63, 3.8) is 0 Å². The molecular formula is C28H32ClN5O5S2. The number of aromatic nitrogens is 1. The molecule has 1 saturated heterocycles. The average Bonchev–Trinajstić information content (AvgIpc) is 3.42. The third-order valence-electron chi connectivity index (χ3n) is 6.69. The van der Waals surface area contributed by atoms with Gasteiger partial charge in [0, 0.05) is 50.5 Å². The second-order valence-corrected chi connectivity index (χ2v) is 11.9. The molecule has 0 aliphatic carbocycles. The molecule has 2 heterocycles. The van der Waals surface area contributed by atoms with E-state index in [-0.39, 0.29) is 23.2 Å². The molecule has 4 aromatic rings. The standard InChI is InChI=1S/C28H31N5O5S2.ClH/c1-37-22-9-11-23(12-10-22)40(35,36)31-21-6-3-5-20(19-21)27(34)29-13-14-32-15-17-33(18-16-32)28-30-26-24(38-2)7-4-8-25(26)39-28;/h3-12,19,31H,13-18H2,1-2H3,(H,29,34);1H. The van der Waals surface area contributed by atoms with E-state index < -0.39 is 10.0 Å². The fourth-order valence-electron chi connectivity index (χ4n) is 4.50. The van der Waals surface area contributed by atoms with Crippen LogP contribution < -0.4 is 24.4 Å². The lowest BCUT2D eigenvalue weighted by atomic mass is 10.2. The van der Waals surface area contributed by atoms with Crippen LogP contribution in [0, 0.1) is 0 Å². The lowest BCUT2D eigenvalue weighted by molar-refractivity contribution is 0.0947. The highest BCUT2D eigenvalue weighted by molar-refractivity contribution is 7.92.